The zero-order valence-electron chi connectivity index (χ0n) is 11.1. The molecule has 2 aliphatic rings. The highest BCUT2D eigenvalue weighted by Gasteiger charge is 2.41. The number of nitrogens with one attached hydrogen (secondary N) is 1. The van der Waals surface area contributed by atoms with E-state index < -0.39 is 0 Å². The predicted octanol–water partition coefficient (Wildman–Crippen LogP) is 1.46. The highest BCUT2D eigenvalue weighted by Crippen LogP contribution is 2.36. The summed E-state index contributed by atoms with van der Waals surface area (Å²) in [7, 11) is 0. The molecule has 1 spiro atoms. The summed E-state index contributed by atoms with van der Waals surface area (Å²) in [6.45, 7) is 2.89. The maximum atomic E-state index is 8.99. The number of hydrogen-bond acceptors (Lipinski definition) is 5. The van der Waals surface area contributed by atoms with Crippen LogP contribution in [0, 0.1) is 11.3 Å². The van der Waals surface area contributed by atoms with E-state index in [1.165, 1.54) is 32.1 Å². The number of nitriles is 1. The van der Waals surface area contributed by atoms with Gasteiger partial charge in [-0.25, -0.2) is 9.97 Å². The van der Waals surface area contributed by atoms with Gasteiger partial charge in [-0.3, -0.25) is 0 Å². The number of hydrogen-bond donors (Lipinski definition) is 1. The van der Waals surface area contributed by atoms with Gasteiger partial charge in [0.2, 0.25) is 5.95 Å². The Hall–Kier alpha value is -1.67. The van der Waals surface area contributed by atoms with Crippen molar-refractivity contribution in [1.29, 1.82) is 5.26 Å². The number of aromatic nitrogens is 2. The molecule has 2 fully saturated rings. The van der Waals surface area contributed by atoms with Gasteiger partial charge in [-0.05, 0) is 18.9 Å². The molecule has 0 bridgehead atoms. The molecule has 1 saturated heterocycles. The molecular formula is C14H19N5. The molecule has 1 aromatic rings. The van der Waals surface area contributed by atoms with Crippen LogP contribution in [0.15, 0.2) is 12.3 Å². The van der Waals surface area contributed by atoms with Gasteiger partial charge in [0.1, 0.15) is 11.8 Å². The van der Waals surface area contributed by atoms with Crippen LogP contribution in [0.2, 0.25) is 0 Å². The molecule has 1 aliphatic carbocycles. The summed E-state index contributed by atoms with van der Waals surface area (Å²) in [4.78, 5) is 11.1. The lowest BCUT2D eigenvalue weighted by molar-refractivity contribution is 0.238. The van der Waals surface area contributed by atoms with Crippen LogP contribution < -0.4 is 10.2 Å². The first-order valence-corrected chi connectivity index (χ1v) is 7.06. The molecule has 3 rings (SSSR count). The molecule has 0 atom stereocenters. The summed E-state index contributed by atoms with van der Waals surface area (Å²) in [5, 5.41) is 12.5. The van der Waals surface area contributed by atoms with E-state index in [4.69, 9.17) is 5.26 Å². The van der Waals surface area contributed by atoms with E-state index in [1.807, 2.05) is 0 Å². The third-order valence-corrected chi connectivity index (χ3v) is 4.32. The molecule has 1 aliphatic heterocycles. The van der Waals surface area contributed by atoms with E-state index in [1.54, 1.807) is 12.3 Å². The second kappa shape index (κ2) is 5.14. The summed E-state index contributed by atoms with van der Waals surface area (Å²) in [6.07, 6.45) is 7.96. The van der Waals surface area contributed by atoms with Gasteiger partial charge in [-0.15, -0.1) is 0 Å². The van der Waals surface area contributed by atoms with Gasteiger partial charge in [-0.2, -0.15) is 5.26 Å². The zero-order chi connectivity index (χ0) is 13.1. The lowest BCUT2D eigenvalue weighted by Gasteiger charge is -2.49. The first kappa shape index (κ1) is 12.4. The molecule has 5 nitrogen and oxygen atoms in total. The van der Waals surface area contributed by atoms with Crippen molar-refractivity contribution in [3.05, 3.63) is 18.0 Å². The van der Waals surface area contributed by atoms with Gasteiger partial charge in [-0.1, -0.05) is 19.3 Å². The van der Waals surface area contributed by atoms with Gasteiger partial charge < -0.3 is 10.2 Å². The van der Waals surface area contributed by atoms with Crippen molar-refractivity contribution in [2.24, 2.45) is 0 Å². The monoisotopic (exact) mass is 257 g/mol. The molecule has 0 radical (unpaired) electrons. The lowest BCUT2D eigenvalue weighted by atomic mass is 9.79. The number of piperazine rings is 1. The maximum absolute atomic E-state index is 8.99. The van der Waals surface area contributed by atoms with Crippen LogP contribution in [0.25, 0.3) is 0 Å². The van der Waals surface area contributed by atoms with Crippen LogP contribution >= 0.6 is 0 Å². The summed E-state index contributed by atoms with van der Waals surface area (Å²) < 4.78 is 0. The molecule has 19 heavy (non-hydrogen) atoms. The second-order valence-corrected chi connectivity index (χ2v) is 5.47. The van der Waals surface area contributed by atoms with E-state index in [0.29, 0.717) is 5.69 Å². The van der Waals surface area contributed by atoms with Crippen molar-refractivity contribution in [3.63, 3.8) is 0 Å². The Bertz CT molecular complexity index is 479. The number of rotatable bonds is 1. The third-order valence-electron chi connectivity index (χ3n) is 4.32. The molecule has 1 aromatic heterocycles. The highest BCUT2D eigenvalue weighted by atomic mass is 15.3. The fourth-order valence-electron chi connectivity index (χ4n) is 3.35. The van der Waals surface area contributed by atoms with Crippen LogP contribution in [-0.4, -0.2) is 35.1 Å². The van der Waals surface area contributed by atoms with E-state index in [-0.39, 0.29) is 5.54 Å². The van der Waals surface area contributed by atoms with Crippen molar-refractivity contribution in [2.45, 2.75) is 37.6 Å². The largest absolute Gasteiger partial charge is 0.333 e. The van der Waals surface area contributed by atoms with Crippen molar-refractivity contribution in [2.75, 3.05) is 24.5 Å². The van der Waals surface area contributed by atoms with Crippen LogP contribution in [-0.2, 0) is 0 Å². The Balaban J connectivity index is 1.93. The van der Waals surface area contributed by atoms with Crippen LogP contribution in [0.5, 0.6) is 0 Å². The van der Waals surface area contributed by atoms with Crippen LogP contribution in [0.3, 0.4) is 0 Å². The molecular weight excluding hydrogens is 238 g/mol. The highest BCUT2D eigenvalue weighted by molar-refractivity contribution is 5.39. The van der Waals surface area contributed by atoms with Gasteiger partial charge in [0.05, 0.1) is 5.54 Å². The Morgan fingerprint density at radius 2 is 2.16 bits per heavy atom. The smallest absolute Gasteiger partial charge is 0.227 e. The van der Waals surface area contributed by atoms with E-state index in [2.05, 4.69) is 26.3 Å². The van der Waals surface area contributed by atoms with Crippen molar-refractivity contribution < 1.29 is 0 Å². The zero-order valence-corrected chi connectivity index (χ0v) is 11.1. The Kier molecular flexibility index (Phi) is 3.34. The maximum Gasteiger partial charge on any atom is 0.227 e. The van der Waals surface area contributed by atoms with E-state index >= 15 is 0 Å². The molecule has 0 aromatic carbocycles. The van der Waals surface area contributed by atoms with E-state index in [0.717, 1.165) is 25.6 Å². The van der Waals surface area contributed by atoms with Crippen molar-refractivity contribution in [3.8, 4) is 6.07 Å². The molecule has 0 unspecified atom stereocenters. The number of anilines is 1. The molecule has 2 heterocycles. The Morgan fingerprint density at radius 1 is 1.32 bits per heavy atom. The van der Waals surface area contributed by atoms with Gasteiger partial charge in [0, 0.05) is 25.8 Å². The molecule has 100 valence electrons. The second-order valence-electron chi connectivity index (χ2n) is 5.47. The summed E-state index contributed by atoms with van der Waals surface area (Å²) in [5.74, 6) is 0.724. The first-order valence-electron chi connectivity index (χ1n) is 7.06. The number of nitrogens with zero attached hydrogens (tertiary/aromatic N) is 4. The van der Waals surface area contributed by atoms with Crippen molar-refractivity contribution in [1.82, 2.24) is 15.3 Å². The SMILES string of the molecule is N#Cc1ccnc(N2CCNCC23CCCCC3)n1. The van der Waals surface area contributed by atoms with Gasteiger partial charge in [0.15, 0.2) is 0 Å². The average Bonchev–Trinajstić information content (AvgIpc) is 2.49. The summed E-state index contributed by atoms with van der Waals surface area (Å²) >= 11 is 0. The Labute approximate surface area is 113 Å². The molecule has 0 amide bonds. The minimum absolute atomic E-state index is 0.157. The Morgan fingerprint density at radius 3 is 2.95 bits per heavy atom. The normalized spacial score (nSPS) is 22.2. The van der Waals surface area contributed by atoms with Crippen molar-refractivity contribution >= 4 is 5.95 Å². The van der Waals surface area contributed by atoms with E-state index in [9.17, 15) is 0 Å². The van der Waals surface area contributed by atoms with Crippen LogP contribution in [0.1, 0.15) is 37.8 Å². The minimum atomic E-state index is 0.157. The third kappa shape index (κ3) is 2.28. The topological polar surface area (TPSA) is 64.8 Å². The average molecular weight is 257 g/mol. The first-order chi connectivity index (χ1) is 9.34. The molecule has 5 heteroatoms. The van der Waals surface area contributed by atoms with Gasteiger partial charge >= 0.3 is 0 Å². The van der Waals surface area contributed by atoms with Gasteiger partial charge in [0.25, 0.3) is 0 Å². The summed E-state index contributed by atoms with van der Waals surface area (Å²) in [5.41, 5.74) is 0.611. The molecule has 1 N–H and O–H groups in total. The summed E-state index contributed by atoms with van der Waals surface area (Å²) in [6, 6.07) is 3.77. The fourth-order valence-corrected chi connectivity index (χ4v) is 3.35. The lowest BCUT2D eigenvalue weighted by Crippen LogP contribution is -2.62. The fraction of sp³-hybridized carbons (Fsp3) is 0.643. The standard InChI is InChI=1S/C14H19N5/c15-10-12-4-7-17-13(18-12)19-9-8-16-11-14(19)5-2-1-3-6-14/h4,7,16H,1-3,5-6,8-9,11H2. The predicted molar refractivity (Wildman–Crippen MR) is 72.8 cm³/mol. The molecule has 1 saturated carbocycles. The minimum Gasteiger partial charge on any atom is -0.333 e. The van der Waals surface area contributed by atoms with Crippen LogP contribution in [0.4, 0.5) is 5.95 Å². The quantitative estimate of drug-likeness (QED) is 0.825.